The standard InChI is InChI=1S/C8H16N2O3/c1-6(2)13-8(12)10(4)5-7(11)9-3/h6H,5H2,1-4H3,(H,9,11). The second kappa shape index (κ2) is 5.40. The van der Waals surface area contributed by atoms with Crippen LogP contribution in [0.2, 0.25) is 0 Å². The van der Waals surface area contributed by atoms with E-state index in [0.29, 0.717) is 0 Å². The average molecular weight is 188 g/mol. The number of carbonyl (C=O) groups is 2. The Balaban J connectivity index is 3.89. The number of hydrogen-bond donors (Lipinski definition) is 1. The van der Waals surface area contributed by atoms with E-state index in [1.165, 1.54) is 19.0 Å². The molecule has 1 N–H and O–H groups in total. The SMILES string of the molecule is CNC(=O)CN(C)C(=O)OC(C)C. The fourth-order valence-corrected chi connectivity index (χ4v) is 0.651. The Labute approximate surface area is 78.0 Å². The van der Waals surface area contributed by atoms with E-state index < -0.39 is 6.09 Å². The van der Waals surface area contributed by atoms with Crippen molar-refractivity contribution in [2.24, 2.45) is 0 Å². The lowest BCUT2D eigenvalue weighted by atomic mass is 10.5. The molecule has 0 aromatic heterocycles. The summed E-state index contributed by atoms with van der Waals surface area (Å²) < 4.78 is 4.86. The second-order valence-corrected chi connectivity index (χ2v) is 2.96. The molecule has 0 aliphatic heterocycles. The quantitative estimate of drug-likeness (QED) is 0.688. The van der Waals surface area contributed by atoms with Crippen molar-refractivity contribution in [2.75, 3.05) is 20.6 Å². The summed E-state index contributed by atoms with van der Waals surface area (Å²) in [5, 5.41) is 2.42. The third-order valence-corrected chi connectivity index (χ3v) is 1.31. The third-order valence-electron chi connectivity index (χ3n) is 1.31. The van der Waals surface area contributed by atoms with E-state index in [1.807, 2.05) is 0 Å². The largest absolute Gasteiger partial charge is 0.447 e. The van der Waals surface area contributed by atoms with Gasteiger partial charge in [-0.25, -0.2) is 4.79 Å². The van der Waals surface area contributed by atoms with Gasteiger partial charge in [-0.05, 0) is 13.8 Å². The van der Waals surface area contributed by atoms with Gasteiger partial charge in [-0.3, -0.25) is 4.79 Å². The van der Waals surface area contributed by atoms with Gasteiger partial charge >= 0.3 is 6.09 Å². The number of nitrogens with one attached hydrogen (secondary N) is 1. The second-order valence-electron chi connectivity index (χ2n) is 2.96. The van der Waals surface area contributed by atoms with Crippen LogP contribution in [0.5, 0.6) is 0 Å². The fraction of sp³-hybridized carbons (Fsp3) is 0.750. The summed E-state index contributed by atoms with van der Waals surface area (Å²) in [6, 6.07) is 0. The van der Waals surface area contributed by atoms with Crippen molar-refractivity contribution >= 4 is 12.0 Å². The highest BCUT2D eigenvalue weighted by atomic mass is 16.6. The smallest absolute Gasteiger partial charge is 0.410 e. The molecule has 5 heteroatoms. The number of likely N-dealkylation sites (N-methyl/N-ethyl adjacent to an activating group) is 2. The molecule has 5 nitrogen and oxygen atoms in total. The first-order chi connectivity index (χ1) is 5.97. The summed E-state index contributed by atoms with van der Waals surface area (Å²) in [4.78, 5) is 23.2. The van der Waals surface area contributed by atoms with Crippen LogP contribution in [0.15, 0.2) is 0 Å². The van der Waals surface area contributed by atoms with Gasteiger partial charge in [0.1, 0.15) is 6.54 Å². The van der Waals surface area contributed by atoms with Crippen LogP contribution in [0.3, 0.4) is 0 Å². The topological polar surface area (TPSA) is 58.6 Å². The van der Waals surface area contributed by atoms with Crippen LogP contribution in [-0.4, -0.2) is 43.6 Å². The Kier molecular flexibility index (Phi) is 4.87. The van der Waals surface area contributed by atoms with E-state index in [0.717, 1.165) is 0 Å². The zero-order chi connectivity index (χ0) is 10.4. The first-order valence-electron chi connectivity index (χ1n) is 4.09. The maximum atomic E-state index is 11.1. The van der Waals surface area contributed by atoms with Gasteiger partial charge in [0, 0.05) is 14.1 Å². The molecule has 13 heavy (non-hydrogen) atoms. The van der Waals surface area contributed by atoms with Crippen molar-refractivity contribution in [1.29, 1.82) is 0 Å². The van der Waals surface area contributed by atoms with Crippen LogP contribution in [0.4, 0.5) is 4.79 Å². The highest BCUT2D eigenvalue weighted by molar-refractivity contribution is 5.81. The lowest BCUT2D eigenvalue weighted by Crippen LogP contribution is -2.38. The molecule has 0 saturated heterocycles. The van der Waals surface area contributed by atoms with Gasteiger partial charge in [0.15, 0.2) is 0 Å². The number of hydrogen-bond acceptors (Lipinski definition) is 3. The molecule has 76 valence electrons. The zero-order valence-corrected chi connectivity index (χ0v) is 8.46. The molecule has 0 bridgehead atoms. The van der Waals surface area contributed by atoms with Crippen LogP contribution in [-0.2, 0) is 9.53 Å². The van der Waals surface area contributed by atoms with Gasteiger partial charge in [0.05, 0.1) is 6.10 Å². The van der Waals surface area contributed by atoms with E-state index in [4.69, 9.17) is 4.74 Å². The van der Waals surface area contributed by atoms with Gasteiger partial charge in [-0.2, -0.15) is 0 Å². The highest BCUT2D eigenvalue weighted by Gasteiger charge is 2.13. The average Bonchev–Trinajstić information content (AvgIpc) is 2.02. The highest BCUT2D eigenvalue weighted by Crippen LogP contribution is 1.94. The minimum absolute atomic E-state index is 0.0159. The molecule has 0 heterocycles. The van der Waals surface area contributed by atoms with Crippen molar-refractivity contribution in [1.82, 2.24) is 10.2 Å². The lowest BCUT2D eigenvalue weighted by Gasteiger charge is -2.17. The summed E-state index contributed by atoms with van der Waals surface area (Å²) in [6.07, 6.45) is -0.654. The van der Waals surface area contributed by atoms with Gasteiger partial charge in [-0.1, -0.05) is 0 Å². The first-order valence-corrected chi connectivity index (χ1v) is 4.09. The maximum Gasteiger partial charge on any atom is 0.410 e. The lowest BCUT2D eigenvalue weighted by molar-refractivity contribution is -0.121. The van der Waals surface area contributed by atoms with Crippen LogP contribution >= 0.6 is 0 Å². The Morgan fingerprint density at radius 3 is 2.38 bits per heavy atom. The number of carbonyl (C=O) groups excluding carboxylic acids is 2. The third kappa shape index (κ3) is 5.05. The first kappa shape index (κ1) is 11.7. The van der Waals surface area contributed by atoms with E-state index in [1.54, 1.807) is 13.8 Å². The molecular formula is C8H16N2O3. The maximum absolute atomic E-state index is 11.1. The van der Waals surface area contributed by atoms with E-state index in [2.05, 4.69) is 5.32 Å². The molecule has 0 saturated carbocycles. The normalized spacial score (nSPS) is 9.62. The molecule has 2 amide bonds. The molecule has 0 aliphatic rings. The summed E-state index contributed by atoms with van der Waals surface area (Å²) in [5.41, 5.74) is 0. The molecule has 0 fully saturated rings. The predicted octanol–water partition coefficient (Wildman–Crippen LogP) is 0.209. The van der Waals surface area contributed by atoms with Crippen LogP contribution in [0.1, 0.15) is 13.8 Å². The van der Waals surface area contributed by atoms with Gasteiger partial charge < -0.3 is 15.0 Å². The van der Waals surface area contributed by atoms with Gasteiger partial charge in [0.2, 0.25) is 5.91 Å². The minimum Gasteiger partial charge on any atom is -0.447 e. The van der Waals surface area contributed by atoms with Crippen LogP contribution in [0, 0.1) is 0 Å². The summed E-state index contributed by atoms with van der Waals surface area (Å²) in [5.74, 6) is -0.219. The Morgan fingerprint density at radius 1 is 1.46 bits per heavy atom. The molecular weight excluding hydrogens is 172 g/mol. The van der Waals surface area contributed by atoms with Crippen molar-refractivity contribution in [3.05, 3.63) is 0 Å². The van der Waals surface area contributed by atoms with Crippen LogP contribution < -0.4 is 5.32 Å². The molecule has 0 atom stereocenters. The molecule has 0 unspecified atom stereocenters. The van der Waals surface area contributed by atoms with Crippen molar-refractivity contribution in [3.8, 4) is 0 Å². The Morgan fingerprint density at radius 2 is 2.00 bits per heavy atom. The molecule has 0 spiro atoms. The van der Waals surface area contributed by atoms with Crippen molar-refractivity contribution in [2.45, 2.75) is 20.0 Å². The van der Waals surface area contributed by atoms with Crippen LogP contribution in [0.25, 0.3) is 0 Å². The fourth-order valence-electron chi connectivity index (χ4n) is 0.651. The van der Waals surface area contributed by atoms with Crippen molar-refractivity contribution in [3.63, 3.8) is 0 Å². The molecule has 0 radical (unpaired) electrons. The van der Waals surface area contributed by atoms with E-state index >= 15 is 0 Å². The molecule has 0 rings (SSSR count). The Bertz CT molecular complexity index is 192. The van der Waals surface area contributed by atoms with Crippen molar-refractivity contribution < 1.29 is 14.3 Å². The number of nitrogens with zero attached hydrogens (tertiary/aromatic N) is 1. The number of rotatable bonds is 3. The van der Waals surface area contributed by atoms with E-state index in [-0.39, 0.29) is 18.6 Å². The summed E-state index contributed by atoms with van der Waals surface area (Å²) in [6.45, 7) is 3.53. The number of ether oxygens (including phenoxy) is 1. The minimum atomic E-state index is -0.487. The Hall–Kier alpha value is -1.26. The monoisotopic (exact) mass is 188 g/mol. The molecule has 0 aliphatic carbocycles. The van der Waals surface area contributed by atoms with Gasteiger partial charge in [-0.15, -0.1) is 0 Å². The predicted molar refractivity (Wildman–Crippen MR) is 48.3 cm³/mol. The van der Waals surface area contributed by atoms with Gasteiger partial charge in [0.25, 0.3) is 0 Å². The molecule has 0 aromatic rings. The number of amides is 2. The zero-order valence-electron chi connectivity index (χ0n) is 8.46. The van der Waals surface area contributed by atoms with E-state index in [9.17, 15) is 9.59 Å². The summed E-state index contributed by atoms with van der Waals surface area (Å²) >= 11 is 0. The molecule has 0 aromatic carbocycles. The summed E-state index contributed by atoms with van der Waals surface area (Å²) in [7, 11) is 3.03.